The molecule has 21 heavy (non-hydrogen) atoms. The minimum atomic E-state index is -4.50. The summed E-state index contributed by atoms with van der Waals surface area (Å²) in [4.78, 5) is 11.8. The Hall–Kier alpha value is -1.77. The number of aromatic nitrogens is 2. The van der Waals surface area contributed by atoms with Crippen LogP contribution in [0.25, 0.3) is 0 Å². The Morgan fingerprint density at radius 2 is 2.14 bits per heavy atom. The molecular formula is C12H11BrF3N3O2. The van der Waals surface area contributed by atoms with Gasteiger partial charge >= 0.3 is 6.18 Å². The zero-order chi connectivity index (χ0) is 15.6. The van der Waals surface area contributed by atoms with Crippen LogP contribution in [0.3, 0.4) is 0 Å². The van der Waals surface area contributed by atoms with E-state index in [0.717, 1.165) is 12.0 Å². The van der Waals surface area contributed by atoms with Crippen LogP contribution in [0.4, 0.5) is 18.9 Å². The Balaban J connectivity index is 2.15. The number of nitrogens with zero attached hydrogens (tertiary/aromatic N) is 2. The van der Waals surface area contributed by atoms with E-state index in [9.17, 15) is 18.0 Å². The van der Waals surface area contributed by atoms with Crippen molar-refractivity contribution < 1.29 is 17.6 Å². The van der Waals surface area contributed by atoms with E-state index in [1.54, 1.807) is 19.1 Å². The van der Waals surface area contributed by atoms with Crippen LogP contribution in [0.5, 0.6) is 0 Å². The molecule has 9 heteroatoms. The maximum Gasteiger partial charge on any atom is 0.408 e. The zero-order valence-corrected chi connectivity index (χ0v) is 12.5. The van der Waals surface area contributed by atoms with Crippen LogP contribution in [0.2, 0.25) is 0 Å². The molecule has 0 saturated carbocycles. The molecule has 5 nitrogen and oxygen atoms in total. The second-order valence-corrected chi connectivity index (χ2v) is 5.11. The molecule has 2 rings (SSSR count). The second-order valence-electron chi connectivity index (χ2n) is 4.32. The van der Waals surface area contributed by atoms with Crippen molar-refractivity contribution in [3.8, 4) is 0 Å². The quantitative estimate of drug-likeness (QED) is 0.904. The molecule has 0 spiro atoms. The van der Waals surface area contributed by atoms with Gasteiger partial charge in [0.2, 0.25) is 0 Å². The van der Waals surface area contributed by atoms with E-state index >= 15 is 0 Å². The van der Waals surface area contributed by atoms with Crippen LogP contribution in [0, 0.1) is 6.92 Å². The standard InChI is InChI=1S/C12H11BrF3N3O2/c1-7-2-3-8(21-7)4-17-9-5-18-19(6-12(14,15)16)11(20)10(9)13/h2-3,5,17H,4,6H2,1H3. The van der Waals surface area contributed by atoms with Crippen LogP contribution < -0.4 is 10.9 Å². The monoisotopic (exact) mass is 365 g/mol. The predicted molar refractivity (Wildman–Crippen MR) is 73.0 cm³/mol. The maximum atomic E-state index is 12.3. The lowest BCUT2D eigenvalue weighted by Gasteiger charge is -2.11. The second kappa shape index (κ2) is 5.92. The lowest BCUT2D eigenvalue weighted by molar-refractivity contribution is -0.143. The number of alkyl halides is 3. The largest absolute Gasteiger partial charge is 0.465 e. The first-order valence-corrected chi connectivity index (χ1v) is 6.67. The number of anilines is 1. The van der Waals surface area contributed by atoms with Crippen molar-refractivity contribution in [2.24, 2.45) is 0 Å². The number of rotatable bonds is 4. The molecule has 0 amide bonds. The third kappa shape index (κ3) is 4.10. The molecule has 0 fully saturated rings. The highest BCUT2D eigenvalue weighted by Crippen LogP contribution is 2.20. The number of nitrogens with one attached hydrogen (secondary N) is 1. The van der Waals surface area contributed by atoms with E-state index in [4.69, 9.17) is 4.42 Å². The van der Waals surface area contributed by atoms with Gasteiger partial charge in [0.05, 0.1) is 18.4 Å². The highest BCUT2D eigenvalue weighted by Gasteiger charge is 2.29. The molecule has 0 unspecified atom stereocenters. The van der Waals surface area contributed by atoms with Gasteiger partial charge < -0.3 is 9.73 Å². The Morgan fingerprint density at radius 3 is 2.71 bits per heavy atom. The summed E-state index contributed by atoms with van der Waals surface area (Å²) in [5, 5.41) is 6.38. The van der Waals surface area contributed by atoms with E-state index in [0.29, 0.717) is 16.1 Å². The number of halogens is 4. The molecule has 114 valence electrons. The molecular weight excluding hydrogens is 355 g/mol. The van der Waals surface area contributed by atoms with E-state index < -0.39 is 18.3 Å². The molecule has 0 radical (unpaired) electrons. The summed E-state index contributed by atoms with van der Waals surface area (Å²) in [5.41, 5.74) is -0.555. The van der Waals surface area contributed by atoms with Crippen molar-refractivity contribution in [2.75, 3.05) is 5.32 Å². The van der Waals surface area contributed by atoms with E-state index in [1.807, 2.05) is 0 Å². The Kier molecular flexibility index (Phi) is 4.40. The van der Waals surface area contributed by atoms with Crippen LogP contribution in [-0.2, 0) is 13.1 Å². The number of furan rings is 1. The van der Waals surface area contributed by atoms with Crippen molar-refractivity contribution in [2.45, 2.75) is 26.2 Å². The molecule has 0 aromatic carbocycles. The smallest absolute Gasteiger partial charge is 0.408 e. The number of hydrogen-bond donors (Lipinski definition) is 1. The van der Waals surface area contributed by atoms with Crippen LogP contribution in [-0.4, -0.2) is 16.0 Å². The summed E-state index contributed by atoms with van der Waals surface area (Å²) >= 11 is 2.98. The summed E-state index contributed by atoms with van der Waals surface area (Å²) in [7, 11) is 0. The zero-order valence-electron chi connectivity index (χ0n) is 10.9. The lowest BCUT2D eigenvalue weighted by Crippen LogP contribution is -2.31. The molecule has 0 aliphatic rings. The van der Waals surface area contributed by atoms with Gasteiger partial charge in [0.1, 0.15) is 22.5 Å². The highest BCUT2D eigenvalue weighted by atomic mass is 79.9. The summed E-state index contributed by atoms with van der Waals surface area (Å²) < 4.78 is 42.5. The van der Waals surface area contributed by atoms with Crippen LogP contribution in [0.15, 0.2) is 32.0 Å². The third-order valence-corrected chi connectivity index (χ3v) is 3.33. The SMILES string of the molecule is Cc1ccc(CNc2cnn(CC(F)(F)F)c(=O)c2Br)o1. The average molecular weight is 366 g/mol. The molecule has 0 atom stereocenters. The maximum absolute atomic E-state index is 12.3. The first-order valence-electron chi connectivity index (χ1n) is 5.88. The average Bonchev–Trinajstić information content (AvgIpc) is 2.79. The number of hydrogen-bond acceptors (Lipinski definition) is 4. The predicted octanol–water partition coefficient (Wildman–Crippen LogP) is 3.08. The molecule has 2 aromatic heterocycles. The highest BCUT2D eigenvalue weighted by molar-refractivity contribution is 9.10. The fourth-order valence-corrected chi connectivity index (χ4v) is 2.08. The third-order valence-electron chi connectivity index (χ3n) is 2.56. The summed E-state index contributed by atoms with van der Waals surface area (Å²) in [6.45, 7) is 0.651. The van der Waals surface area contributed by atoms with E-state index in [2.05, 4.69) is 26.3 Å². The van der Waals surface area contributed by atoms with Gasteiger partial charge in [0.25, 0.3) is 5.56 Å². The van der Waals surface area contributed by atoms with Crippen molar-refractivity contribution in [3.05, 3.63) is 44.7 Å². The minimum absolute atomic E-state index is 0.00923. The lowest BCUT2D eigenvalue weighted by atomic mass is 10.4. The van der Waals surface area contributed by atoms with Crippen molar-refractivity contribution in [1.82, 2.24) is 9.78 Å². The molecule has 0 aliphatic heterocycles. The molecule has 0 bridgehead atoms. The van der Waals surface area contributed by atoms with Gasteiger partial charge in [-0.3, -0.25) is 4.79 Å². The van der Waals surface area contributed by atoms with Crippen LogP contribution >= 0.6 is 15.9 Å². The Labute approximate surface area is 125 Å². The van der Waals surface area contributed by atoms with Crippen molar-refractivity contribution in [1.29, 1.82) is 0 Å². The van der Waals surface area contributed by atoms with Gasteiger partial charge in [-0.2, -0.15) is 18.3 Å². The summed E-state index contributed by atoms with van der Waals surface area (Å²) in [5.74, 6) is 1.38. The summed E-state index contributed by atoms with van der Waals surface area (Å²) in [6, 6.07) is 3.54. The number of aryl methyl sites for hydroxylation is 1. The normalized spacial score (nSPS) is 11.7. The molecule has 2 aromatic rings. The fourth-order valence-electron chi connectivity index (χ4n) is 1.63. The molecule has 2 heterocycles. The summed E-state index contributed by atoms with van der Waals surface area (Å²) in [6.07, 6.45) is -3.34. The van der Waals surface area contributed by atoms with Crippen LogP contribution in [0.1, 0.15) is 11.5 Å². The van der Waals surface area contributed by atoms with Gasteiger partial charge in [0, 0.05) is 0 Å². The van der Waals surface area contributed by atoms with Gasteiger partial charge in [-0.15, -0.1) is 0 Å². The van der Waals surface area contributed by atoms with E-state index in [1.165, 1.54) is 0 Å². The van der Waals surface area contributed by atoms with Crippen molar-refractivity contribution >= 4 is 21.6 Å². The van der Waals surface area contributed by atoms with Gasteiger partial charge in [-0.05, 0) is 35.0 Å². The van der Waals surface area contributed by atoms with Gasteiger partial charge in [-0.1, -0.05) is 0 Å². The first-order chi connectivity index (χ1) is 9.76. The molecule has 0 saturated heterocycles. The molecule has 0 aliphatic carbocycles. The Morgan fingerprint density at radius 1 is 1.43 bits per heavy atom. The first kappa shape index (κ1) is 15.6. The Bertz CT molecular complexity index is 694. The molecule has 1 N–H and O–H groups in total. The van der Waals surface area contributed by atoms with Crippen molar-refractivity contribution in [3.63, 3.8) is 0 Å². The fraction of sp³-hybridized carbons (Fsp3) is 0.333. The van der Waals surface area contributed by atoms with Gasteiger partial charge in [-0.25, -0.2) is 4.68 Å². The van der Waals surface area contributed by atoms with Gasteiger partial charge in [0.15, 0.2) is 0 Å². The topological polar surface area (TPSA) is 60.1 Å². The van der Waals surface area contributed by atoms with E-state index in [-0.39, 0.29) is 11.0 Å². The minimum Gasteiger partial charge on any atom is -0.465 e.